The van der Waals surface area contributed by atoms with Crippen LogP contribution in [0.5, 0.6) is 0 Å². The van der Waals surface area contributed by atoms with Crippen LogP contribution >= 0.6 is 0 Å². The van der Waals surface area contributed by atoms with Gasteiger partial charge in [-0.05, 0) is 13.8 Å². The molecule has 0 aliphatic carbocycles. The Labute approximate surface area is 90.5 Å². The Morgan fingerprint density at radius 2 is 2.07 bits per heavy atom. The maximum absolute atomic E-state index is 11.2. The number of carbonyl (C=O) groups excluding carboxylic acids is 1. The summed E-state index contributed by atoms with van der Waals surface area (Å²) in [5.74, 6) is -0.337. The molecule has 0 saturated carbocycles. The third-order valence-corrected chi connectivity index (χ3v) is 2.31. The Hall–Kier alpha value is -0.650. The first-order chi connectivity index (χ1) is 7.09. The molecule has 1 aliphatic heterocycles. The molecule has 1 rings (SSSR count). The minimum atomic E-state index is -0.544. The minimum absolute atomic E-state index is 0.110. The van der Waals surface area contributed by atoms with Crippen molar-refractivity contribution in [1.82, 2.24) is 4.90 Å². The average Bonchev–Trinajstić information content (AvgIpc) is 2.18. The van der Waals surface area contributed by atoms with Crippen LogP contribution in [-0.2, 0) is 14.3 Å². The van der Waals surface area contributed by atoms with Crippen molar-refractivity contribution in [3.8, 4) is 0 Å². The molecule has 1 heterocycles. The molecule has 2 atom stereocenters. The summed E-state index contributed by atoms with van der Waals surface area (Å²) in [5.41, 5.74) is 5.41. The lowest BCUT2D eigenvalue weighted by atomic mass is 10.3. The SMILES string of the molecule is CC(CN1CCOCC1)OC(=O)[C@H](C)N. The van der Waals surface area contributed by atoms with Crippen LogP contribution in [-0.4, -0.2) is 55.9 Å². The predicted octanol–water partition coefficient (Wildman–Crippen LogP) is -0.402. The van der Waals surface area contributed by atoms with E-state index in [1.807, 2.05) is 6.92 Å². The maximum atomic E-state index is 11.2. The van der Waals surface area contributed by atoms with Crippen molar-refractivity contribution in [2.75, 3.05) is 32.8 Å². The van der Waals surface area contributed by atoms with Gasteiger partial charge in [-0.15, -0.1) is 0 Å². The van der Waals surface area contributed by atoms with Crippen molar-refractivity contribution < 1.29 is 14.3 Å². The van der Waals surface area contributed by atoms with Gasteiger partial charge in [0.15, 0.2) is 0 Å². The van der Waals surface area contributed by atoms with Crippen LogP contribution in [0.2, 0.25) is 0 Å². The second-order valence-electron chi connectivity index (χ2n) is 3.95. The first-order valence-electron chi connectivity index (χ1n) is 5.35. The van der Waals surface area contributed by atoms with E-state index in [1.165, 1.54) is 0 Å². The van der Waals surface area contributed by atoms with Gasteiger partial charge in [0.05, 0.1) is 13.2 Å². The van der Waals surface area contributed by atoms with Crippen LogP contribution in [0.1, 0.15) is 13.8 Å². The van der Waals surface area contributed by atoms with E-state index in [-0.39, 0.29) is 12.1 Å². The molecule has 0 bridgehead atoms. The number of morpholine rings is 1. The van der Waals surface area contributed by atoms with Crippen molar-refractivity contribution in [3.05, 3.63) is 0 Å². The van der Waals surface area contributed by atoms with Crippen LogP contribution in [0.4, 0.5) is 0 Å². The third-order valence-electron chi connectivity index (χ3n) is 2.31. The van der Waals surface area contributed by atoms with E-state index in [0.717, 1.165) is 32.8 Å². The maximum Gasteiger partial charge on any atom is 0.322 e. The summed E-state index contributed by atoms with van der Waals surface area (Å²) in [6, 6.07) is -0.544. The second kappa shape index (κ2) is 6.05. The average molecular weight is 216 g/mol. The normalized spacial score (nSPS) is 22.1. The second-order valence-corrected chi connectivity index (χ2v) is 3.95. The zero-order valence-corrected chi connectivity index (χ0v) is 9.44. The van der Waals surface area contributed by atoms with Gasteiger partial charge in [-0.25, -0.2) is 0 Å². The van der Waals surface area contributed by atoms with E-state index in [9.17, 15) is 4.79 Å². The summed E-state index contributed by atoms with van der Waals surface area (Å²) >= 11 is 0. The number of hydrogen-bond acceptors (Lipinski definition) is 5. The van der Waals surface area contributed by atoms with Crippen molar-refractivity contribution in [2.45, 2.75) is 26.0 Å². The fourth-order valence-corrected chi connectivity index (χ4v) is 1.49. The summed E-state index contributed by atoms with van der Waals surface area (Å²) in [6.45, 7) is 7.59. The molecule has 5 nitrogen and oxygen atoms in total. The fourth-order valence-electron chi connectivity index (χ4n) is 1.49. The Balaban J connectivity index is 2.22. The Kier molecular flexibility index (Phi) is 5.01. The number of nitrogens with zero attached hydrogens (tertiary/aromatic N) is 1. The van der Waals surface area contributed by atoms with E-state index in [2.05, 4.69) is 4.90 Å². The van der Waals surface area contributed by atoms with Gasteiger partial charge in [0, 0.05) is 19.6 Å². The lowest BCUT2D eigenvalue weighted by Gasteiger charge is -2.29. The molecule has 1 unspecified atom stereocenters. The summed E-state index contributed by atoms with van der Waals surface area (Å²) in [6.07, 6.45) is -0.110. The van der Waals surface area contributed by atoms with E-state index in [1.54, 1.807) is 6.92 Å². The first-order valence-corrected chi connectivity index (χ1v) is 5.35. The van der Waals surface area contributed by atoms with Crippen molar-refractivity contribution in [1.29, 1.82) is 0 Å². The van der Waals surface area contributed by atoms with E-state index >= 15 is 0 Å². The number of ether oxygens (including phenoxy) is 2. The minimum Gasteiger partial charge on any atom is -0.460 e. The van der Waals surface area contributed by atoms with Crippen molar-refractivity contribution >= 4 is 5.97 Å². The molecule has 0 amide bonds. The number of hydrogen-bond donors (Lipinski definition) is 1. The van der Waals surface area contributed by atoms with E-state index in [0.29, 0.717) is 0 Å². The van der Waals surface area contributed by atoms with Crippen LogP contribution in [0.25, 0.3) is 0 Å². The highest BCUT2D eigenvalue weighted by molar-refractivity contribution is 5.75. The molecule has 0 aromatic carbocycles. The van der Waals surface area contributed by atoms with Gasteiger partial charge >= 0.3 is 5.97 Å². The Morgan fingerprint density at radius 1 is 1.47 bits per heavy atom. The standard InChI is InChI=1S/C10H20N2O3/c1-8(15-10(13)9(2)11)7-12-3-5-14-6-4-12/h8-9H,3-7,11H2,1-2H3/t8?,9-/m0/s1. The van der Waals surface area contributed by atoms with E-state index < -0.39 is 6.04 Å². The quantitative estimate of drug-likeness (QED) is 0.648. The molecule has 2 N–H and O–H groups in total. The van der Waals surface area contributed by atoms with Crippen LogP contribution < -0.4 is 5.73 Å². The highest BCUT2D eigenvalue weighted by Crippen LogP contribution is 2.01. The molecular weight excluding hydrogens is 196 g/mol. The van der Waals surface area contributed by atoms with Crippen LogP contribution in [0.15, 0.2) is 0 Å². The Morgan fingerprint density at radius 3 is 2.60 bits per heavy atom. The summed E-state index contributed by atoms with van der Waals surface area (Å²) in [4.78, 5) is 13.4. The number of rotatable bonds is 4. The van der Waals surface area contributed by atoms with Crippen LogP contribution in [0, 0.1) is 0 Å². The fraction of sp³-hybridized carbons (Fsp3) is 0.900. The number of carbonyl (C=O) groups is 1. The van der Waals surface area contributed by atoms with Crippen molar-refractivity contribution in [2.24, 2.45) is 5.73 Å². The monoisotopic (exact) mass is 216 g/mol. The molecule has 0 aromatic rings. The topological polar surface area (TPSA) is 64.8 Å². The zero-order valence-electron chi connectivity index (χ0n) is 9.44. The molecule has 0 aromatic heterocycles. The third kappa shape index (κ3) is 4.59. The summed E-state index contributed by atoms with van der Waals surface area (Å²) < 4.78 is 10.4. The molecule has 15 heavy (non-hydrogen) atoms. The van der Waals surface area contributed by atoms with Gasteiger partial charge in [-0.1, -0.05) is 0 Å². The molecule has 5 heteroatoms. The van der Waals surface area contributed by atoms with Gasteiger partial charge in [0.25, 0.3) is 0 Å². The first kappa shape index (κ1) is 12.4. The lowest BCUT2D eigenvalue weighted by Crippen LogP contribution is -2.42. The molecule has 1 aliphatic rings. The lowest BCUT2D eigenvalue weighted by molar-refractivity contribution is -0.150. The van der Waals surface area contributed by atoms with Gasteiger partial charge in [-0.2, -0.15) is 0 Å². The van der Waals surface area contributed by atoms with Crippen LogP contribution in [0.3, 0.4) is 0 Å². The molecule has 88 valence electrons. The summed E-state index contributed by atoms with van der Waals surface area (Å²) in [5, 5.41) is 0. The molecule has 0 radical (unpaired) electrons. The summed E-state index contributed by atoms with van der Waals surface area (Å²) in [7, 11) is 0. The number of esters is 1. The largest absolute Gasteiger partial charge is 0.460 e. The molecule has 1 fully saturated rings. The van der Waals surface area contributed by atoms with Gasteiger partial charge in [-0.3, -0.25) is 9.69 Å². The van der Waals surface area contributed by atoms with Crippen molar-refractivity contribution in [3.63, 3.8) is 0 Å². The van der Waals surface area contributed by atoms with Gasteiger partial charge < -0.3 is 15.2 Å². The predicted molar refractivity (Wildman–Crippen MR) is 56.5 cm³/mol. The smallest absolute Gasteiger partial charge is 0.322 e. The van der Waals surface area contributed by atoms with Gasteiger partial charge in [0.2, 0.25) is 0 Å². The molecule has 1 saturated heterocycles. The zero-order chi connectivity index (χ0) is 11.3. The highest BCUT2D eigenvalue weighted by Gasteiger charge is 2.17. The Bertz CT molecular complexity index is 203. The highest BCUT2D eigenvalue weighted by atomic mass is 16.5. The molecular formula is C10H20N2O3. The van der Waals surface area contributed by atoms with E-state index in [4.69, 9.17) is 15.2 Å². The van der Waals surface area contributed by atoms with Gasteiger partial charge in [0.1, 0.15) is 12.1 Å². The number of nitrogens with two attached hydrogens (primary N) is 1. The molecule has 0 spiro atoms.